The summed E-state index contributed by atoms with van der Waals surface area (Å²) in [6.45, 7) is 6.87. The summed E-state index contributed by atoms with van der Waals surface area (Å²) >= 11 is 0. The molecule has 1 aromatic rings. The predicted octanol–water partition coefficient (Wildman–Crippen LogP) is 2.43. The second kappa shape index (κ2) is 6.40. The molecule has 84 valence electrons. The fourth-order valence-electron chi connectivity index (χ4n) is 1.79. The summed E-state index contributed by atoms with van der Waals surface area (Å²) in [5, 5.41) is 7.69. The number of aryl methyl sites for hydroxylation is 1. The van der Waals surface area contributed by atoms with Gasteiger partial charge in [0, 0.05) is 19.3 Å². The Morgan fingerprint density at radius 3 is 3.00 bits per heavy atom. The zero-order chi connectivity index (χ0) is 11.1. The maximum Gasteiger partial charge on any atom is 0.0550 e. The molecule has 3 heteroatoms. The van der Waals surface area contributed by atoms with Gasteiger partial charge in [0.05, 0.1) is 5.69 Å². The Balaban J connectivity index is 2.57. The standard InChI is InChI=1S/C12H21N3/c1-4-6-7-8-11(13-5-2)12-9-10-14-15(12)3/h4,9-11,13H,1,5-8H2,2-3H3. The Labute approximate surface area is 92.2 Å². The van der Waals surface area contributed by atoms with Gasteiger partial charge < -0.3 is 5.32 Å². The Morgan fingerprint density at radius 1 is 1.67 bits per heavy atom. The van der Waals surface area contributed by atoms with Crippen LogP contribution in [0.2, 0.25) is 0 Å². The fourth-order valence-corrected chi connectivity index (χ4v) is 1.79. The molecule has 1 atom stereocenters. The van der Waals surface area contributed by atoms with E-state index in [2.05, 4.69) is 30.0 Å². The average molecular weight is 207 g/mol. The number of nitrogens with zero attached hydrogens (tertiary/aromatic N) is 2. The number of rotatable bonds is 7. The van der Waals surface area contributed by atoms with Crippen LogP contribution in [-0.2, 0) is 7.05 Å². The van der Waals surface area contributed by atoms with E-state index in [9.17, 15) is 0 Å². The highest BCUT2D eigenvalue weighted by atomic mass is 15.3. The van der Waals surface area contributed by atoms with E-state index in [-0.39, 0.29) is 0 Å². The van der Waals surface area contributed by atoms with Gasteiger partial charge in [0.2, 0.25) is 0 Å². The van der Waals surface area contributed by atoms with Gasteiger partial charge in [0.25, 0.3) is 0 Å². The molecule has 0 saturated heterocycles. The Morgan fingerprint density at radius 2 is 2.47 bits per heavy atom. The third-order valence-electron chi connectivity index (χ3n) is 2.57. The molecule has 0 aromatic carbocycles. The second-order valence-corrected chi connectivity index (χ2v) is 3.71. The molecule has 1 heterocycles. The minimum atomic E-state index is 0.419. The van der Waals surface area contributed by atoms with Crippen molar-refractivity contribution in [2.24, 2.45) is 7.05 Å². The van der Waals surface area contributed by atoms with Gasteiger partial charge in [0.1, 0.15) is 0 Å². The topological polar surface area (TPSA) is 29.9 Å². The van der Waals surface area contributed by atoms with E-state index >= 15 is 0 Å². The average Bonchev–Trinajstić information content (AvgIpc) is 2.64. The van der Waals surface area contributed by atoms with Gasteiger partial charge in [-0.3, -0.25) is 4.68 Å². The molecular weight excluding hydrogens is 186 g/mol. The smallest absolute Gasteiger partial charge is 0.0550 e. The first kappa shape index (κ1) is 12.0. The van der Waals surface area contributed by atoms with Crippen molar-refractivity contribution in [2.75, 3.05) is 6.54 Å². The van der Waals surface area contributed by atoms with E-state index in [0.29, 0.717) is 6.04 Å². The third kappa shape index (κ3) is 3.51. The first-order valence-corrected chi connectivity index (χ1v) is 5.61. The van der Waals surface area contributed by atoms with Crippen molar-refractivity contribution >= 4 is 0 Å². The summed E-state index contributed by atoms with van der Waals surface area (Å²) < 4.78 is 1.95. The molecule has 1 aromatic heterocycles. The first-order valence-electron chi connectivity index (χ1n) is 5.61. The lowest BCUT2D eigenvalue weighted by atomic mass is 10.1. The van der Waals surface area contributed by atoms with Crippen LogP contribution >= 0.6 is 0 Å². The molecule has 0 bridgehead atoms. The molecule has 0 aliphatic carbocycles. The summed E-state index contributed by atoms with van der Waals surface area (Å²) in [6, 6.07) is 2.50. The highest BCUT2D eigenvalue weighted by Gasteiger charge is 2.12. The van der Waals surface area contributed by atoms with Crippen LogP contribution in [0, 0.1) is 0 Å². The number of unbranched alkanes of at least 4 members (excludes halogenated alkanes) is 1. The molecule has 15 heavy (non-hydrogen) atoms. The Kier molecular flexibility index (Phi) is 5.12. The molecule has 0 radical (unpaired) electrons. The normalized spacial score (nSPS) is 12.7. The molecule has 1 rings (SSSR count). The van der Waals surface area contributed by atoms with Gasteiger partial charge in [-0.05, 0) is 31.9 Å². The van der Waals surface area contributed by atoms with Crippen LogP contribution in [0.25, 0.3) is 0 Å². The van der Waals surface area contributed by atoms with Crippen LogP contribution in [-0.4, -0.2) is 16.3 Å². The van der Waals surface area contributed by atoms with Gasteiger partial charge >= 0.3 is 0 Å². The number of nitrogens with one attached hydrogen (secondary N) is 1. The van der Waals surface area contributed by atoms with Crippen molar-refractivity contribution < 1.29 is 0 Å². The van der Waals surface area contributed by atoms with Gasteiger partial charge in [-0.1, -0.05) is 13.0 Å². The molecule has 1 N–H and O–H groups in total. The molecule has 0 aliphatic heterocycles. The first-order chi connectivity index (χ1) is 7.29. The summed E-state index contributed by atoms with van der Waals surface area (Å²) in [5.41, 5.74) is 1.26. The zero-order valence-electron chi connectivity index (χ0n) is 9.74. The summed E-state index contributed by atoms with van der Waals surface area (Å²) in [6.07, 6.45) is 7.23. The lowest BCUT2D eigenvalue weighted by molar-refractivity contribution is 0.468. The van der Waals surface area contributed by atoms with Crippen molar-refractivity contribution in [3.8, 4) is 0 Å². The van der Waals surface area contributed by atoms with Gasteiger partial charge in [-0.25, -0.2) is 0 Å². The summed E-state index contributed by atoms with van der Waals surface area (Å²) in [7, 11) is 1.99. The van der Waals surface area contributed by atoms with Crippen LogP contribution in [0.5, 0.6) is 0 Å². The second-order valence-electron chi connectivity index (χ2n) is 3.71. The molecule has 0 aliphatic rings. The minimum Gasteiger partial charge on any atom is -0.309 e. The SMILES string of the molecule is C=CCCCC(NCC)c1ccnn1C. The van der Waals surface area contributed by atoms with Gasteiger partial charge in [0.15, 0.2) is 0 Å². The van der Waals surface area contributed by atoms with Crippen LogP contribution in [0.1, 0.15) is 37.9 Å². The fraction of sp³-hybridized carbons (Fsp3) is 0.583. The molecule has 0 fully saturated rings. The largest absolute Gasteiger partial charge is 0.309 e. The Bertz CT molecular complexity index is 291. The van der Waals surface area contributed by atoms with E-state index in [1.54, 1.807) is 0 Å². The molecular formula is C12H21N3. The number of hydrogen-bond acceptors (Lipinski definition) is 2. The number of allylic oxidation sites excluding steroid dienone is 1. The van der Waals surface area contributed by atoms with Crippen molar-refractivity contribution in [2.45, 2.75) is 32.2 Å². The van der Waals surface area contributed by atoms with Crippen molar-refractivity contribution in [1.82, 2.24) is 15.1 Å². The van der Waals surface area contributed by atoms with Gasteiger partial charge in [-0.2, -0.15) is 5.10 Å². The molecule has 0 saturated carbocycles. The number of hydrogen-bond donors (Lipinski definition) is 1. The van der Waals surface area contributed by atoms with E-state index in [1.807, 2.05) is 24.0 Å². The van der Waals surface area contributed by atoms with E-state index in [0.717, 1.165) is 19.4 Å². The minimum absolute atomic E-state index is 0.419. The van der Waals surface area contributed by atoms with Crippen LogP contribution in [0.3, 0.4) is 0 Å². The Hall–Kier alpha value is -1.09. The molecule has 3 nitrogen and oxygen atoms in total. The number of aromatic nitrogens is 2. The van der Waals surface area contributed by atoms with Gasteiger partial charge in [-0.15, -0.1) is 6.58 Å². The van der Waals surface area contributed by atoms with Crippen molar-refractivity contribution in [1.29, 1.82) is 0 Å². The maximum atomic E-state index is 4.20. The van der Waals surface area contributed by atoms with E-state index in [4.69, 9.17) is 0 Å². The summed E-state index contributed by atoms with van der Waals surface area (Å²) in [4.78, 5) is 0. The lowest BCUT2D eigenvalue weighted by Crippen LogP contribution is -2.23. The highest BCUT2D eigenvalue weighted by Crippen LogP contribution is 2.18. The molecule has 1 unspecified atom stereocenters. The van der Waals surface area contributed by atoms with Crippen molar-refractivity contribution in [3.63, 3.8) is 0 Å². The summed E-state index contributed by atoms with van der Waals surface area (Å²) in [5.74, 6) is 0. The zero-order valence-corrected chi connectivity index (χ0v) is 9.74. The monoisotopic (exact) mass is 207 g/mol. The van der Waals surface area contributed by atoms with Crippen LogP contribution in [0.15, 0.2) is 24.9 Å². The highest BCUT2D eigenvalue weighted by molar-refractivity contribution is 5.06. The lowest BCUT2D eigenvalue weighted by Gasteiger charge is -2.17. The van der Waals surface area contributed by atoms with E-state index < -0.39 is 0 Å². The van der Waals surface area contributed by atoms with Crippen LogP contribution in [0.4, 0.5) is 0 Å². The molecule has 0 spiro atoms. The quantitative estimate of drug-likeness (QED) is 0.549. The predicted molar refractivity (Wildman–Crippen MR) is 63.7 cm³/mol. The van der Waals surface area contributed by atoms with E-state index in [1.165, 1.54) is 12.1 Å². The van der Waals surface area contributed by atoms with Crippen LogP contribution < -0.4 is 5.32 Å². The third-order valence-corrected chi connectivity index (χ3v) is 2.57. The van der Waals surface area contributed by atoms with Crippen molar-refractivity contribution in [3.05, 3.63) is 30.6 Å². The maximum absolute atomic E-state index is 4.20. The molecule has 0 amide bonds.